The number of aliphatic hydroxyl groups is 1. The van der Waals surface area contributed by atoms with Crippen molar-refractivity contribution in [2.45, 2.75) is 69.6 Å². The molecule has 0 unspecified atom stereocenters. The molecule has 3 aromatic heterocycles. The molecule has 55 heavy (non-hydrogen) atoms. The number of carbonyl (C=O) groups is 1. The topological polar surface area (TPSA) is 117 Å². The van der Waals surface area contributed by atoms with Crippen LogP contribution in [0.5, 0.6) is 5.75 Å². The van der Waals surface area contributed by atoms with E-state index in [0.717, 1.165) is 56.3 Å². The maximum Gasteiger partial charge on any atom is 0.355 e. The number of phenolic OH excluding ortho intramolecular Hbond substituents is 1. The molecule has 6 aromatic rings. The van der Waals surface area contributed by atoms with Crippen molar-refractivity contribution in [1.82, 2.24) is 24.1 Å². The van der Waals surface area contributed by atoms with E-state index in [1.54, 1.807) is 23.9 Å². The molecule has 0 fully saturated rings. The maximum absolute atomic E-state index is 13.9. The fourth-order valence-electron chi connectivity index (χ4n) is 7.07. The lowest BCUT2D eigenvalue weighted by Gasteiger charge is -2.18. The van der Waals surface area contributed by atoms with E-state index in [0.29, 0.717) is 65.3 Å². The summed E-state index contributed by atoms with van der Waals surface area (Å²) in [4.78, 5) is 13.4. The van der Waals surface area contributed by atoms with E-state index < -0.39 is 14.0 Å². The van der Waals surface area contributed by atoms with Crippen LogP contribution < -0.4 is 0 Å². The van der Waals surface area contributed by atoms with Crippen molar-refractivity contribution < 1.29 is 28.9 Å². The largest absolute Gasteiger partial charge is 0.507 e. The van der Waals surface area contributed by atoms with Gasteiger partial charge in [0.15, 0.2) is 0 Å². The van der Waals surface area contributed by atoms with Crippen LogP contribution in [0.3, 0.4) is 0 Å². The Morgan fingerprint density at radius 3 is 2.53 bits per heavy atom. The third kappa shape index (κ3) is 9.13. The van der Waals surface area contributed by atoms with Gasteiger partial charge in [-0.25, -0.2) is 9.18 Å². The number of aromatic nitrogens is 5. The highest BCUT2D eigenvalue weighted by atomic mass is 35.5. The van der Waals surface area contributed by atoms with Crippen LogP contribution in [0.15, 0.2) is 54.7 Å². The summed E-state index contributed by atoms with van der Waals surface area (Å²) in [6.07, 6.45) is 4.19. The van der Waals surface area contributed by atoms with Crippen LogP contribution in [-0.4, -0.2) is 68.7 Å². The van der Waals surface area contributed by atoms with Crippen molar-refractivity contribution in [2.24, 2.45) is 14.1 Å². The molecule has 6 rings (SSSR count). The van der Waals surface area contributed by atoms with Gasteiger partial charge < -0.3 is 24.3 Å². The fourth-order valence-corrected chi connectivity index (χ4v) is 8.95. The molecule has 0 amide bonds. The molecule has 292 valence electrons. The monoisotopic (exact) mass is 805 g/mol. The highest BCUT2D eigenvalue weighted by Crippen LogP contribution is 2.42. The molecular weight excluding hydrogens is 757 g/mol. The molecule has 3 heterocycles. The van der Waals surface area contributed by atoms with Crippen molar-refractivity contribution in [3.8, 4) is 17.0 Å². The summed E-state index contributed by atoms with van der Waals surface area (Å²) in [5, 5.41) is 32.4. The van der Waals surface area contributed by atoms with Gasteiger partial charge in [0, 0.05) is 74.5 Å². The third-order valence-corrected chi connectivity index (χ3v) is 12.9. The molecule has 2 N–H and O–H groups in total. The van der Waals surface area contributed by atoms with E-state index in [4.69, 9.17) is 26.2 Å². The molecule has 0 atom stereocenters. The number of fused-ring (bicyclic) bond motifs is 2. The van der Waals surface area contributed by atoms with Gasteiger partial charge in [-0.15, -0.1) is 0 Å². The van der Waals surface area contributed by atoms with Gasteiger partial charge in [0.2, 0.25) is 0 Å². The van der Waals surface area contributed by atoms with Crippen molar-refractivity contribution in [1.29, 1.82) is 0 Å². The van der Waals surface area contributed by atoms with Gasteiger partial charge in [-0.3, -0.25) is 9.36 Å². The lowest BCUT2D eigenvalue weighted by molar-refractivity contribution is 0.0544. The number of ether oxygens (including phenoxy) is 2. The van der Waals surface area contributed by atoms with Gasteiger partial charge in [0.05, 0.1) is 35.2 Å². The first-order valence-corrected chi connectivity index (χ1v) is 23.7. The van der Waals surface area contributed by atoms with Crippen LogP contribution >= 0.6 is 23.4 Å². The molecule has 3 aromatic carbocycles. The minimum atomic E-state index is -1.37. The minimum Gasteiger partial charge on any atom is -0.507 e. The number of nitrogens with zero attached hydrogens (tertiary/aromatic N) is 5. The van der Waals surface area contributed by atoms with E-state index >= 15 is 0 Å². The number of aromatic hydroxyl groups is 1. The van der Waals surface area contributed by atoms with Crippen LogP contribution in [-0.2, 0) is 61.1 Å². The summed E-state index contributed by atoms with van der Waals surface area (Å²) in [6, 6.07) is 14.9. The SMILES string of the molecule is COC(=O)c1c(CCCO)c2ccc(Cl)c(-c3c(CSCc4cc(CCc5cc(O)c6ccc(F)cc6c5)n(C)n4)cnn3C)c2n1COCC[Si](C)(C)C. The zero-order valence-electron chi connectivity index (χ0n) is 32.3. The first-order valence-electron chi connectivity index (χ1n) is 18.4. The van der Waals surface area contributed by atoms with Gasteiger partial charge in [0.1, 0.15) is 24.0 Å². The second-order valence-corrected chi connectivity index (χ2v) is 22.1. The Kier molecular flexibility index (Phi) is 12.8. The predicted molar refractivity (Wildman–Crippen MR) is 221 cm³/mol. The Hall–Kier alpha value is -4.14. The van der Waals surface area contributed by atoms with E-state index in [2.05, 4.69) is 30.8 Å². The quantitative estimate of drug-likeness (QED) is 0.0535. The highest BCUT2D eigenvalue weighted by Gasteiger charge is 2.28. The maximum atomic E-state index is 13.9. The van der Waals surface area contributed by atoms with E-state index in [1.807, 2.05) is 52.4 Å². The lowest BCUT2D eigenvalue weighted by atomic mass is 10.0. The Morgan fingerprint density at radius 1 is 1.00 bits per heavy atom. The predicted octanol–water partition coefficient (Wildman–Crippen LogP) is 8.67. The molecule has 0 aliphatic carbocycles. The number of esters is 1. The molecule has 0 aliphatic heterocycles. The van der Waals surface area contributed by atoms with Crippen LogP contribution in [0.4, 0.5) is 4.39 Å². The van der Waals surface area contributed by atoms with Crippen molar-refractivity contribution >= 4 is 59.1 Å². The van der Waals surface area contributed by atoms with Crippen LogP contribution in [0, 0.1) is 5.82 Å². The van der Waals surface area contributed by atoms with Crippen LogP contribution in [0.1, 0.15) is 45.0 Å². The van der Waals surface area contributed by atoms with Crippen LogP contribution in [0.25, 0.3) is 32.9 Å². The summed E-state index contributed by atoms with van der Waals surface area (Å²) in [5.74, 6) is 0.631. The summed E-state index contributed by atoms with van der Waals surface area (Å²) < 4.78 is 31.0. The lowest BCUT2D eigenvalue weighted by Crippen LogP contribution is -2.22. The van der Waals surface area contributed by atoms with Crippen LogP contribution in [0.2, 0.25) is 30.7 Å². The molecule has 0 spiro atoms. The third-order valence-electron chi connectivity index (χ3n) is 9.87. The van der Waals surface area contributed by atoms with Gasteiger partial charge in [-0.1, -0.05) is 43.4 Å². The van der Waals surface area contributed by atoms with Gasteiger partial charge >= 0.3 is 5.97 Å². The highest BCUT2D eigenvalue weighted by molar-refractivity contribution is 7.97. The average Bonchev–Trinajstić information content (AvgIpc) is 3.79. The number of hydrogen-bond donors (Lipinski definition) is 2. The standard InChI is InChI=1S/C41H49ClFN5O5SSi/c1-46-31(11-9-26-18-27-20-29(43)10-12-32(27)36(50)19-26)21-30(45-46)24-54-23-28-22-44-47(2)38(28)37-35(42)14-13-34-33(8-7-15-49)40(41(51)52-3)48(39(34)37)25-53-16-17-55(4,5)6/h10,12-14,18-22,49-50H,7-9,11,15-17,23-25H2,1-6H3. The number of carbonyl (C=O) groups excluding carboxylic acids is 1. The number of aryl methyl sites for hydroxylation is 5. The Labute approximate surface area is 331 Å². The fraction of sp³-hybridized carbons (Fsp3) is 0.390. The number of aliphatic hydroxyl groups excluding tert-OH is 1. The van der Waals surface area contributed by atoms with E-state index in [1.165, 1.54) is 19.2 Å². The van der Waals surface area contributed by atoms with Gasteiger partial charge in [-0.05, 0) is 84.6 Å². The van der Waals surface area contributed by atoms with E-state index in [9.17, 15) is 19.4 Å². The number of thioether (sulfide) groups is 1. The summed E-state index contributed by atoms with van der Waals surface area (Å²) in [7, 11) is 3.83. The van der Waals surface area contributed by atoms with Crippen molar-refractivity contribution in [3.63, 3.8) is 0 Å². The van der Waals surface area contributed by atoms with Crippen molar-refractivity contribution in [3.05, 3.63) is 99.3 Å². The average molecular weight is 806 g/mol. The zero-order chi connectivity index (χ0) is 39.4. The molecule has 0 radical (unpaired) electrons. The molecular formula is C41H49ClFN5O5SSi. The zero-order valence-corrected chi connectivity index (χ0v) is 34.9. The van der Waals surface area contributed by atoms with E-state index in [-0.39, 0.29) is 24.9 Å². The molecule has 0 bridgehead atoms. The first-order chi connectivity index (χ1) is 26.3. The molecule has 0 aliphatic rings. The number of methoxy groups -OCH3 is 1. The molecule has 14 heteroatoms. The van der Waals surface area contributed by atoms with Crippen molar-refractivity contribution in [2.75, 3.05) is 20.3 Å². The molecule has 0 saturated heterocycles. The number of rotatable bonds is 17. The minimum absolute atomic E-state index is 0.0153. The summed E-state index contributed by atoms with van der Waals surface area (Å²) in [5.41, 5.74) is 7.46. The van der Waals surface area contributed by atoms with Gasteiger partial charge in [-0.2, -0.15) is 22.0 Å². The molecule has 0 saturated carbocycles. The second kappa shape index (κ2) is 17.3. The Bertz CT molecular complexity index is 2330. The second-order valence-electron chi connectivity index (χ2n) is 15.1. The first kappa shape index (κ1) is 40.5. The number of benzene rings is 3. The number of phenols is 1. The molecule has 10 nitrogen and oxygen atoms in total. The smallest absolute Gasteiger partial charge is 0.355 e. The summed E-state index contributed by atoms with van der Waals surface area (Å²) in [6.45, 7) is 7.58. The number of halogens is 2. The number of hydrogen-bond acceptors (Lipinski definition) is 8. The summed E-state index contributed by atoms with van der Waals surface area (Å²) >= 11 is 8.80. The Morgan fingerprint density at radius 2 is 1.78 bits per heavy atom. The van der Waals surface area contributed by atoms with Gasteiger partial charge in [0.25, 0.3) is 0 Å². The Balaban J connectivity index is 1.25. The normalized spacial score (nSPS) is 12.0.